The number of halogens is 2. The normalized spacial score (nSPS) is 15.1. The fourth-order valence-electron chi connectivity index (χ4n) is 3.11. The third-order valence-corrected chi connectivity index (χ3v) is 5.87. The van der Waals surface area contributed by atoms with Gasteiger partial charge in [-0.05, 0) is 36.4 Å². The van der Waals surface area contributed by atoms with Gasteiger partial charge in [0.1, 0.15) is 17.3 Å². The third kappa shape index (κ3) is 3.76. The van der Waals surface area contributed by atoms with Crippen molar-refractivity contribution < 1.29 is 26.7 Å². The first-order valence-electron chi connectivity index (χ1n) is 8.96. The van der Waals surface area contributed by atoms with Crippen LogP contribution in [0.4, 0.5) is 20.2 Å². The van der Waals surface area contributed by atoms with Crippen molar-refractivity contribution in [1.29, 1.82) is 0 Å². The summed E-state index contributed by atoms with van der Waals surface area (Å²) in [5.41, 5.74) is 0.271. The van der Waals surface area contributed by atoms with Gasteiger partial charge in [0.2, 0.25) is 0 Å². The summed E-state index contributed by atoms with van der Waals surface area (Å²) in [7, 11) is -0.692. The Balaban J connectivity index is 1.56. The molecular formula is C21H18F2N2O4S. The summed E-state index contributed by atoms with van der Waals surface area (Å²) in [6.07, 6.45) is -1.05. The second kappa shape index (κ2) is 7.49. The second-order valence-electron chi connectivity index (χ2n) is 6.88. The number of benzene rings is 3. The van der Waals surface area contributed by atoms with Crippen LogP contribution in [0.3, 0.4) is 0 Å². The Kier molecular flexibility index (Phi) is 4.98. The Morgan fingerprint density at radius 1 is 0.900 bits per heavy atom. The zero-order chi connectivity index (χ0) is 21.5. The molecule has 1 heterocycles. The molecule has 0 saturated carbocycles. The van der Waals surface area contributed by atoms with E-state index < -0.39 is 27.9 Å². The standard InChI is InChI=1S/C21H18F2N2O4S/c1-25(2)20-16(22)10-13(11-17(20)23)21-28-18-9-8-14(12-19(18)29-21)24-30(26,27)15-6-4-3-5-7-15/h3-12,21,24H,1-2H3. The van der Waals surface area contributed by atoms with E-state index in [1.807, 2.05) is 0 Å². The first-order chi connectivity index (χ1) is 14.2. The van der Waals surface area contributed by atoms with E-state index in [0.29, 0.717) is 5.75 Å². The summed E-state index contributed by atoms with van der Waals surface area (Å²) >= 11 is 0. The SMILES string of the molecule is CN(C)c1c(F)cc(C2Oc3ccc(NS(=O)(=O)c4ccccc4)cc3O2)cc1F. The average Bonchev–Trinajstić information content (AvgIpc) is 3.11. The van der Waals surface area contributed by atoms with E-state index in [4.69, 9.17) is 9.47 Å². The molecule has 156 valence electrons. The molecule has 1 N–H and O–H groups in total. The van der Waals surface area contributed by atoms with Gasteiger partial charge in [0.15, 0.2) is 11.5 Å². The molecule has 1 unspecified atom stereocenters. The highest BCUT2D eigenvalue weighted by molar-refractivity contribution is 7.92. The topological polar surface area (TPSA) is 67.9 Å². The van der Waals surface area contributed by atoms with Crippen LogP contribution in [0.25, 0.3) is 0 Å². The molecule has 1 aliphatic heterocycles. The van der Waals surface area contributed by atoms with E-state index in [-0.39, 0.29) is 27.6 Å². The molecule has 1 atom stereocenters. The van der Waals surface area contributed by atoms with Crippen LogP contribution in [0, 0.1) is 11.6 Å². The van der Waals surface area contributed by atoms with Gasteiger partial charge < -0.3 is 14.4 Å². The van der Waals surface area contributed by atoms with Crippen LogP contribution in [0.2, 0.25) is 0 Å². The summed E-state index contributed by atoms with van der Waals surface area (Å²) in [5, 5.41) is 0. The molecule has 0 aliphatic carbocycles. The van der Waals surface area contributed by atoms with Crippen molar-refractivity contribution in [3.8, 4) is 11.5 Å². The van der Waals surface area contributed by atoms with Crippen LogP contribution < -0.4 is 19.1 Å². The minimum Gasteiger partial charge on any atom is -0.447 e. The largest absolute Gasteiger partial charge is 0.447 e. The van der Waals surface area contributed by atoms with Crippen molar-refractivity contribution in [2.24, 2.45) is 0 Å². The van der Waals surface area contributed by atoms with Crippen LogP contribution in [0.15, 0.2) is 65.6 Å². The van der Waals surface area contributed by atoms with E-state index in [1.54, 1.807) is 18.2 Å². The first-order valence-corrected chi connectivity index (χ1v) is 10.4. The molecule has 30 heavy (non-hydrogen) atoms. The Labute approximate surface area is 172 Å². The smallest absolute Gasteiger partial charge is 0.268 e. The van der Waals surface area contributed by atoms with Crippen LogP contribution in [-0.2, 0) is 10.0 Å². The highest BCUT2D eigenvalue weighted by atomic mass is 32.2. The van der Waals surface area contributed by atoms with Gasteiger partial charge in [-0.3, -0.25) is 4.72 Å². The van der Waals surface area contributed by atoms with Gasteiger partial charge in [0, 0.05) is 25.7 Å². The van der Waals surface area contributed by atoms with E-state index in [9.17, 15) is 17.2 Å². The third-order valence-electron chi connectivity index (χ3n) is 4.48. The lowest BCUT2D eigenvalue weighted by Gasteiger charge is -2.17. The molecule has 3 aromatic carbocycles. The molecule has 0 aromatic heterocycles. The zero-order valence-electron chi connectivity index (χ0n) is 16.1. The summed E-state index contributed by atoms with van der Waals surface area (Å²) in [6.45, 7) is 0. The molecule has 0 fully saturated rings. The quantitative estimate of drug-likeness (QED) is 0.651. The van der Waals surface area contributed by atoms with Gasteiger partial charge in [-0.2, -0.15) is 0 Å². The summed E-state index contributed by atoms with van der Waals surface area (Å²) in [5.74, 6) is -0.894. The number of sulfonamides is 1. The highest BCUT2D eigenvalue weighted by Crippen LogP contribution is 2.43. The minimum atomic E-state index is -3.77. The minimum absolute atomic E-state index is 0.118. The number of nitrogens with one attached hydrogen (secondary N) is 1. The summed E-state index contributed by atoms with van der Waals surface area (Å²) < 4.78 is 67.3. The Hall–Kier alpha value is -3.33. The maximum Gasteiger partial charge on any atom is 0.268 e. The Morgan fingerprint density at radius 2 is 1.53 bits per heavy atom. The molecule has 9 heteroatoms. The predicted molar refractivity (Wildman–Crippen MR) is 108 cm³/mol. The first kappa shape index (κ1) is 20.0. The van der Waals surface area contributed by atoms with Crippen molar-refractivity contribution in [2.75, 3.05) is 23.7 Å². The molecule has 0 spiro atoms. The van der Waals surface area contributed by atoms with Crippen molar-refractivity contribution in [3.63, 3.8) is 0 Å². The summed E-state index contributed by atoms with van der Waals surface area (Å²) in [4.78, 5) is 1.46. The van der Waals surface area contributed by atoms with Crippen LogP contribution >= 0.6 is 0 Å². The number of hydrogen-bond acceptors (Lipinski definition) is 5. The maximum absolute atomic E-state index is 14.3. The number of hydrogen-bond donors (Lipinski definition) is 1. The van der Waals surface area contributed by atoms with Gasteiger partial charge in [0.25, 0.3) is 16.3 Å². The molecular weight excluding hydrogens is 414 g/mol. The lowest BCUT2D eigenvalue weighted by Crippen LogP contribution is -2.15. The van der Waals surface area contributed by atoms with Crippen LogP contribution in [0.1, 0.15) is 11.9 Å². The molecule has 0 bridgehead atoms. The molecule has 4 rings (SSSR count). The van der Waals surface area contributed by atoms with Crippen molar-refractivity contribution >= 4 is 21.4 Å². The van der Waals surface area contributed by atoms with Gasteiger partial charge in [-0.15, -0.1) is 0 Å². The number of ether oxygens (including phenoxy) is 2. The van der Waals surface area contributed by atoms with Gasteiger partial charge in [-0.25, -0.2) is 17.2 Å². The monoisotopic (exact) mass is 432 g/mol. The van der Waals surface area contributed by atoms with Crippen LogP contribution in [0.5, 0.6) is 11.5 Å². The van der Waals surface area contributed by atoms with Gasteiger partial charge >= 0.3 is 0 Å². The lowest BCUT2D eigenvalue weighted by atomic mass is 10.1. The Bertz CT molecular complexity index is 1180. The molecule has 1 aliphatic rings. The van der Waals surface area contributed by atoms with E-state index >= 15 is 0 Å². The molecule has 6 nitrogen and oxygen atoms in total. The van der Waals surface area contributed by atoms with Crippen LogP contribution in [-0.4, -0.2) is 22.5 Å². The molecule has 3 aromatic rings. The fraction of sp³-hybridized carbons (Fsp3) is 0.143. The van der Waals surface area contributed by atoms with Crippen molar-refractivity contribution in [2.45, 2.75) is 11.2 Å². The van der Waals surface area contributed by atoms with Crippen molar-refractivity contribution in [3.05, 3.63) is 77.9 Å². The predicted octanol–water partition coefficient (Wildman–Crippen LogP) is 4.30. The average molecular weight is 432 g/mol. The molecule has 0 radical (unpaired) electrons. The lowest BCUT2D eigenvalue weighted by molar-refractivity contribution is 0.0482. The van der Waals surface area contributed by atoms with E-state index in [2.05, 4.69) is 4.72 Å². The maximum atomic E-state index is 14.3. The van der Waals surface area contributed by atoms with Gasteiger partial charge in [0.05, 0.1) is 10.6 Å². The number of rotatable bonds is 5. The van der Waals surface area contributed by atoms with Crippen molar-refractivity contribution in [1.82, 2.24) is 0 Å². The van der Waals surface area contributed by atoms with Gasteiger partial charge in [-0.1, -0.05) is 18.2 Å². The molecule has 0 amide bonds. The number of anilines is 2. The summed E-state index contributed by atoms with van der Waals surface area (Å²) in [6, 6.07) is 14.7. The fourth-order valence-corrected chi connectivity index (χ4v) is 4.18. The Morgan fingerprint density at radius 3 is 2.17 bits per heavy atom. The van der Waals surface area contributed by atoms with E-state index in [0.717, 1.165) is 12.1 Å². The number of fused-ring (bicyclic) bond motifs is 1. The van der Waals surface area contributed by atoms with E-state index in [1.165, 1.54) is 49.3 Å². The second-order valence-corrected chi connectivity index (χ2v) is 8.56. The zero-order valence-corrected chi connectivity index (χ0v) is 16.9. The highest BCUT2D eigenvalue weighted by Gasteiger charge is 2.29. The number of nitrogens with zero attached hydrogens (tertiary/aromatic N) is 1. The molecule has 0 saturated heterocycles.